The minimum Gasteiger partial charge on any atom is -0.495 e. The largest absolute Gasteiger partial charge is 0.495 e. The lowest BCUT2D eigenvalue weighted by Crippen LogP contribution is -2.32. The van der Waals surface area contributed by atoms with E-state index in [1.165, 1.54) is 26.0 Å². The smallest absolute Gasteiger partial charge is 0.337 e. The minimum atomic E-state index is -0.608. The van der Waals surface area contributed by atoms with Gasteiger partial charge in [-0.1, -0.05) is 23.9 Å². The summed E-state index contributed by atoms with van der Waals surface area (Å²) >= 11 is 1.18. The minimum absolute atomic E-state index is 0.0591. The Kier molecular flexibility index (Phi) is 6.73. The standard InChI is InChI=1S/C21H21N3O5S/c1-22-21(23-14-10-8-13(9-11-14)20(27)29-3)30-17-12-18(25)24(19(17)26)15-6-4-5-7-16(15)28-2/h4-11,17H,12H2,1-3H3,(H,22,23). The predicted molar refractivity (Wildman–Crippen MR) is 116 cm³/mol. The molecular formula is C21H21N3O5S. The quantitative estimate of drug-likeness (QED) is 0.339. The number of rotatable bonds is 5. The summed E-state index contributed by atoms with van der Waals surface area (Å²) in [5, 5.41) is 2.98. The third-order valence-corrected chi connectivity index (χ3v) is 5.61. The van der Waals surface area contributed by atoms with Crippen LogP contribution in [0.3, 0.4) is 0 Å². The maximum absolute atomic E-state index is 12.9. The molecule has 156 valence electrons. The van der Waals surface area contributed by atoms with Gasteiger partial charge in [0, 0.05) is 19.2 Å². The zero-order valence-corrected chi connectivity index (χ0v) is 17.6. The van der Waals surface area contributed by atoms with Crippen LogP contribution in [0.1, 0.15) is 16.8 Å². The molecule has 1 aliphatic rings. The van der Waals surface area contributed by atoms with Gasteiger partial charge in [-0.3, -0.25) is 14.6 Å². The van der Waals surface area contributed by atoms with Crippen molar-refractivity contribution in [2.45, 2.75) is 11.7 Å². The fourth-order valence-electron chi connectivity index (χ4n) is 2.97. The maximum Gasteiger partial charge on any atom is 0.337 e. The molecule has 2 aromatic rings. The van der Waals surface area contributed by atoms with E-state index in [1.54, 1.807) is 55.6 Å². The monoisotopic (exact) mass is 427 g/mol. The number of nitrogens with zero attached hydrogens (tertiary/aromatic N) is 2. The van der Waals surface area contributed by atoms with Crippen molar-refractivity contribution in [1.29, 1.82) is 0 Å². The number of thioether (sulfide) groups is 1. The number of imide groups is 1. The molecule has 1 aliphatic heterocycles. The highest BCUT2D eigenvalue weighted by molar-refractivity contribution is 8.15. The number of hydrogen-bond acceptors (Lipinski definition) is 7. The molecule has 30 heavy (non-hydrogen) atoms. The molecule has 0 bridgehead atoms. The summed E-state index contributed by atoms with van der Waals surface area (Å²) in [5.41, 5.74) is 1.54. The Morgan fingerprint density at radius 1 is 1.13 bits per heavy atom. The SMILES string of the molecule is CN=C(Nc1ccc(C(=O)OC)cc1)SC1CC(=O)N(c2ccccc2OC)C1=O. The van der Waals surface area contributed by atoms with E-state index in [-0.39, 0.29) is 18.2 Å². The number of hydrogen-bond donors (Lipinski definition) is 1. The molecule has 1 atom stereocenters. The van der Waals surface area contributed by atoms with E-state index in [0.29, 0.717) is 27.9 Å². The lowest BCUT2D eigenvalue weighted by Gasteiger charge is -2.18. The third-order valence-electron chi connectivity index (χ3n) is 4.45. The van der Waals surface area contributed by atoms with Crippen LogP contribution in [0.25, 0.3) is 0 Å². The molecule has 0 saturated carbocycles. The molecule has 2 aromatic carbocycles. The molecule has 1 unspecified atom stereocenters. The van der Waals surface area contributed by atoms with Gasteiger partial charge in [0.15, 0.2) is 5.17 Å². The van der Waals surface area contributed by atoms with E-state index >= 15 is 0 Å². The van der Waals surface area contributed by atoms with Gasteiger partial charge in [0.25, 0.3) is 0 Å². The Morgan fingerprint density at radius 3 is 2.47 bits per heavy atom. The summed E-state index contributed by atoms with van der Waals surface area (Å²) in [6, 6.07) is 13.6. The molecule has 1 fully saturated rings. The summed E-state index contributed by atoms with van der Waals surface area (Å²) in [6.07, 6.45) is 0.0591. The Labute approximate surface area is 178 Å². The number of aliphatic imine (C=N–C) groups is 1. The first-order chi connectivity index (χ1) is 14.5. The average Bonchev–Trinajstić information content (AvgIpc) is 3.05. The van der Waals surface area contributed by atoms with Crippen molar-refractivity contribution < 1.29 is 23.9 Å². The fourth-order valence-corrected chi connectivity index (χ4v) is 3.95. The Hall–Kier alpha value is -3.33. The van der Waals surface area contributed by atoms with Crippen LogP contribution in [0.5, 0.6) is 5.75 Å². The molecule has 0 radical (unpaired) electrons. The molecular weight excluding hydrogens is 406 g/mol. The number of methoxy groups -OCH3 is 2. The van der Waals surface area contributed by atoms with Crippen LogP contribution < -0.4 is 15.0 Å². The van der Waals surface area contributed by atoms with Gasteiger partial charge in [-0.2, -0.15) is 0 Å². The molecule has 1 heterocycles. The van der Waals surface area contributed by atoms with Gasteiger partial charge >= 0.3 is 5.97 Å². The second-order valence-corrected chi connectivity index (χ2v) is 7.46. The highest BCUT2D eigenvalue weighted by atomic mass is 32.2. The molecule has 0 aromatic heterocycles. The van der Waals surface area contributed by atoms with Crippen LogP contribution >= 0.6 is 11.8 Å². The predicted octanol–water partition coefficient (Wildman–Crippen LogP) is 2.94. The van der Waals surface area contributed by atoms with Crippen molar-refractivity contribution in [2.75, 3.05) is 31.5 Å². The lowest BCUT2D eigenvalue weighted by molar-refractivity contribution is -0.121. The Balaban J connectivity index is 1.71. The first-order valence-corrected chi connectivity index (χ1v) is 9.95. The molecule has 9 heteroatoms. The van der Waals surface area contributed by atoms with Crippen molar-refractivity contribution >= 4 is 46.1 Å². The number of amides is 2. The van der Waals surface area contributed by atoms with E-state index in [9.17, 15) is 14.4 Å². The summed E-state index contributed by atoms with van der Waals surface area (Å²) in [7, 11) is 4.41. The van der Waals surface area contributed by atoms with Gasteiger partial charge in [-0.15, -0.1) is 0 Å². The summed E-state index contributed by atoms with van der Waals surface area (Å²) in [4.78, 5) is 42.4. The van der Waals surface area contributed by atoms with Crippen LogP contribution in [-0.4, -0.2) is 49.5 Å². The van der Waals surface area contributed by atoms with Gasteiger partial charge in [0.1, 0.15) is 11.0 Å². The fraction of sp³-hybridized carbons (Fsp3) is 0.238. The second-order valence-electron chi connectivity index (χ2n) is 6.27. The summed E-state index contributed by atoms with van der Waals surface area (Å²) < 4.78 is 9.97. The van der Waals surface area contributed by atoms with Crippen LogP contribution in [0.15, 0.2) is 53.5 Å². The number of anilines is 2. The van der Waals surface area contributed by atoms with Crippen LogP contribution in [0, 0.1) is 0 Å². The van der Waals surface area contributed by atoms with Gasteiger partial charge in [0.2, 0.25) is 11.8 Å². The van der Waals surface area contributed by atoms with Crippen LogP contribution in [-0.2, 0) is 14.3 Å². The zero-order valence-electron chi connectivity index (χ0n) is 16.7. The number of esters is 1. The molecule has 0 spiro atoms. The molecule has 3 rings (SSSR count). The number of nitrogens with one attached hydrogen (secondary N) is 1. The van der Waals surface area contributed by atoms with Crippen molar-refractivity contribution in [1.82, 2.24) is 0 Å². The first-order valence-electron chi connectivity index (χ1n) is 9.07. The van der Waals surface area contributed by atoms with Crippen molar-refractivity contribution in [3.05, 3.63) is 54.1 Å². The highest BCUT2D eigenvalue weighted by Crippen LogP contribution is 2.35. The lowest BCUT2D eigenvalue weighted by atomic mass is 10.2. The number of para-hydroxylation sites is 2. The van der Waals surface area contributed by atoms with E-state index in [2.05, 4.69) is 15.0 Å². The highest BCUT2D eigenvalue weighted by Gasteiger charge is 2.41. The van der Waals surface area contributed by atoms with E-state index in [4.69, 9.17) is 4.74 Å². The molecule has 8 nitrogen and oxygen atoms in total. The Morgan fingerprint density at radius 2 is 1.83 bits per heavy atom. The Bertz CT molecular complexity index is 990. The van der Waals surface area contributed by atoms with Gasteiger partial charge in [0.05, 0.1) is 25.5 Å². The van der Waals surface area contributed by atoms with E-state index < -0.39 is 11.2 Å². The second kappa shape index (κ2) is 9.45. The van der Waals surface area contributed by atoms with Crippen molar-refractivity contribution in [2.24, 2.45) is 4.99 Å². The van der Waals surface area contributed by atoms with Crippen molar-refractivity contribution in [3.63, 3.8) is 0 Å². The van der Waals surface area contributed by atoms with Gasteiger partial charge in [-0.05, 0) is 36.4 Å². The molecule has 1 N–H and O–H groups in total. The normalized spacial score (nSPS) is 16.6. The van der Waals surface area contributed by atoms with Gasteiger partial charge in [-0.25, -0.2) is 9.69 Å². The molecule has 2 amide bonds. The number of carbonyl (C=O) groups is 3. The third kappa shape index (κ3) is 4.46. The van der Waals surface area contributed by atoms with Crippen LogP contribution in [0.4, 0.5) is 11.4 Å². The van der Waals surface area contributed by atoms with E-state index in [0.717, 1.165) is 4.90 Å². The van der Waals surface area contributed by atoms with Crippen molar-refractivity contribution in [3.8, 4) is 5.75 Å². The summed E-state index contributed by atoms with van der Waals surface area (Å²) in [5.74, 6) is -0.580. The van der Waals surface area contributed by atoms with E-state index in [1.807, 2.05) is 0 Å². The molecule has 0 aliphatic carbocycles. The van der Waals surface area contributed by atoms with Gasteiger partial charge < -0.3 is 14.8 Å². The molecule has 1 saturated heterocycles. The topological polar surface area (TPSA) is 97.3 Å². The number of carbonyl (C=O) groups excluding carboxylic acids is 3. The number of benzene rings is 2. The van der Waals surface area contributed by atoms with Crippen LogP contribution in [0.2, 0.25) is 0 Å². The number of amidine groups is 1. The average molecular weight is 427 g/mol. The number of ether oxygens (including phenoxy) is 2. The maximum atomic E-state index is 12.9. The summed E-state index contributed by atoms with van der Waals surface area (Å²) in [6.45, 7) is 0. The zero-order chi connectivity index (χ0) is 21.7. The first kappa shape index (κ1) is 21.4.